The van der Waals surface area contributed by atoms with E-state index in [9.17, 15) is 4.79 Å². The molecule has 0 amide bonds. The van der Waals surface area contributed by atoms with Gasteiger partial charge in [0.1, 0.15) is 17.5 Å². The summed E-state index contributed by atoms with van der Waals surface area (Å²) in [6.45, 7) is 0. The van der Waals surface area contributed by atoms with Crippen molar-refractivity contribution in [1.29, 1.82) is 0 Å². The maximum absolute atomic E-state index is 13.7. The molecule has 10 nitrogen and oxygen atoms in total. The largest absolute Gasteiger partial charge is 0.497 e. The van der Waals surface area contributed by atoms with E-state index in [4.69, 9.17) is 24.7 Å². The molecule has 3 aromatic rings. The van der Waals surface area contributed by atoms with Crippen molar-refractivity contribution in [1.82, 2.24) is 14.8 Å². The fourth-order valence-electron chi connectivity index (χ4n) is 4.91. The lowest BCUT2D eigenvalue weighted by molar-refractivity contribution is -0.116. The van der Waals surface area contributed by atoms with Crippen LogP contribution >= 0.6 is 0 Å². The Hall–Kier alpha value is -4.21. The smallest absolute Gasteiger partial charge is 0.241 e. The molecule has 3 N–H and O–H groups in total. The van der Waals surface area contributed by atoms with Gasteiger partial charge in [-0.1, -0.05) is 6.07 Å². The van der Waals surface area contributed by atoms with Crippen molar-refractivity contribution in [3.05, 3.63) is 58.8 Å². The number of allylic oxidation sites excluding steroid dienone is 2. The van der Waals surface area contributed by atoms with Crippen molar-refractivity contribution in [2.45, 2.75) is 24.8 Å². The second-order valence-electron chi connectivity index (χ2n) is 8.41. The Bertz CT molecular complexity index is 1330. The maximum Gasteiger partial charge on any atom is 0.241 e. The van der Waals surface area contributed by atoms with Crippen molar-refractivity contribution in [2.24, 2.45) is 0 Å². The van der Waals surface area contributed by atoms with Gasteiger partial charge in [-0.2, -0.15) is 4.98 Å². The summed E-state index contributed by atoms with van der Waals surface area (Å²) in [5, 5.41) is 7.70. The average Bonchev–Trinajstić information content (AvgIpc) is 3.25. The third kappa shape index (κ3) is 3.80. The number of ether oxygens (including phenoxy) is 4. The quantitative estimate of drug-likeness (QED) is 0.550. The Labute approximate surface area is 202 Å². The summed E-state index contributed by atoms with van der Waals surface area (Å²) >= 11 is 0. The Morgan fingerprint density at radius 2 is 1.69 bits per heavy atom. The number of nitrogens with zero attached hydrogens (tertiary/aromatic N) is 3. The number of rotatable bonds is 6. The number of nitrogens with two attached hydrogens (primary N) is 1. The minimum absolute atomic E-state index is 0.00753. The van der Waals surface area contributed by atoms with E-state index in [1.165, 1.54) is 0 Å². The van der Waals surface area contributed by atoms with Crippen LogP contribution in [-0.4, -0.2) is 49.0 Å². The van der Waals surface area contributed by atoms with E-state index in [1.807, 2.05) is 36.4 Å². The predicted octanol–water partition coefficient (Wildman–Crippen LogP) is 3.31. The first kappa shape index (κ1) is 22.6. The van der Waals surface area contributed by atoms with Crippen LogP contribution in [0.1, 0.15) is 35.9 Å². The van der Waals surface area contributed by atoms with Crippen molar-refractivity contribution in [3.8, 4) is 23.0 Å². The fraction of sp³-hybridized carbons (Fsp3) is 0.320. The van der Waals surface area contributed by atoms with Crippen molar-refractivity contribution in [3.63, 3.8) is 0 Å². The summed E-state index contributed by atoms with van der Waals surface area (Å²) < 4.78 is 23.6. The van der Waals surface area contributed by atoms with Gasteiger partial charge in [0, 0.05) is 23.3 Å². The molecule has 0 bridgehead atoms. The van der Waals surface area contributed by atoms with Gasteiger partial charge >= 0.3 is 0 Å². The van der Waals surface area contributed by atoms with Crippen LogP contribution in [0.4, 0.5) is 11.9 Å². The van der Waals surface area contributed by atoms with Gasteiger partial charge in [-0.3, -0.25) is 4.79 Å². The Balaban J connectivity index is 1.61. The van der Waals surface area contributed by atoms with Crippen LogP contribution < -0.4 is 30.0 Å². The minimum atomic E-state index is -0.560. The molecule has 2 atom stereocenters. The highest BCUT2D eigenvalue weighted by molar-refractivity contribution is 6.00. The lowest BCUT2D eigenvalue weighted by atomic mass is 9.77. The molecule has 2 aliphatic rings. The number of carbonyl (C=O) groups is 1. The van der Waals surface area contributed by atoms with Gasteiger partial charge < -0.3 is 30.0 Å². The lowest BCUT2D eigenvalue weighted by Crippen LogP contribution is -2.33. The first-order valence-corrected chi connectivity index (χ1v) is 11.2. The number of benzene rings is 2. The number of methoxy groups -OCH3 is 4. The van der Waals surface area contributed by atoms with Gasteiger partial charge in [0.05, 0.1) is 28.4 Å². The molecule has 0 fully saturated rings. The second-order valence-corrected chi connectivity index (χ2v) is 8.41. The zero-order valence-electron chi connectivity index (χ0n) is 20.0. The first-order chi connectivity index (χ1) is 17.0. The molecular weight excluding hydrogens is 450 g/mol. The number of carbonyl (C=O) groups excluding carboxylic acids is 1. The molecule has 2 heterocycles. The number of anilines is 2. The Morgan fingerprint density at radius 3 is 2.40 bits per heavy atom. The molecule has 5 rings (SSSR count). The van der Waals surface area contributed by atoms with Crippen LogP contribution in [0.15, 0.2) is 47.7 Å². The summed E-state index contributed by atoms with van der Waals surface area (Å²) in [6, 6.07) is 10.7. The SMILES string of the molecule is COc1ccc(OC)c([C@@H]2C3=C(C[C@H](c4ccc(OC)c(OC)c4)CC3=O)Nc3nc(N)nn32)c1. The van der Waals surface area contributed by atoms with E-state index in [0.29, 0.717) is 47.4 Å². The molecule has 1 aliphatic heterocycles. The van der Waals surface area contributed by atoms with Crippen LogP contribution in [0, 0.1) is 0 Å². The number of fused-ring (bicyclic) bond motifs is 1. The fourth-order valence-corrected chi connectivity index (χ4v) is 4.91. The normalized spacial score (nSPS) is 18.9. The number of nitrogen functional groups attached to an aromatic ring is 1. The molecule has 1 aromatic heterocycles. The highest BCUT2D eigenvalue weighted by atomic mass is 16.5. The Morgan fingerprint density at radius 1 is 0.943 bits per heavy atom. The highest BCUT2D eigenvalue weighted by Gasteiger charge is 2.41. The van der Waals surface area contributed by atoms with Crippen LogP contribution in [0.3, 0.4) is 0 Å². The molecule has 0 saturated carbocycles. The van der Waals surface area contributed by atoms with Crippen LogP contribution in [0.5, 0.6) is 23.0 Å². The molecule has 0 spiro atoms. The Kier molecular flexibility index (Phi) is 5.72. The van der Waals surface area contributed by atoms with Gasteiger partial charge in [-0.05, 0) is 48.2 Å². The number of nitrogens with one attached hydrogen (secondary N) is 1. The monoisotopic (exact) mass is 477 g/mol. The number of ketones is 1. The molecule has 0 saturated heterocycles. The average molecular weight is 478 g/mol. The van der Waals surface area contributed by atoms with Crippen LogP contribution in [-0.2, 0) is 4.79 Å². The summed E-state index contributed by atoms with van der Waals surface area (Å²) in [7, 11) is 6.38. The summed E-state index contributed by atoms with van der Waals surface area (Å²) in [5.41, 5.74) is 9.10. The third-order valence-corrected chi connectivity index (χ3v) is 6.55. The van der Waals surface area contributed by atoms with Crippen molar-refractivity contribution in [2.75, 3.05) is 39.5 Å². The van der Waals surface area contributed by atoms with E-state index in [-0.39, 0.29) is 17.6 Å². The molecule has 1 aliphatic carbocycles. The number of Topliss-reactive ketones (excluding diaryl/α,β-unsaturated/α-hetero) is 1. The zero-order valence-corrected chi connectivity index (χ0v) is 20.0. The second kappa shape index (κ2) is 8.86. The molecular formula is C25H27N5O5. The van der Waals surface area contributed by atoms with Gasteiger partial charge in [-0.15, -0.1) is 5.10 Å². The van der Waals surface area contributed by atoms with Crippen LogP contribution in [0.2, 0.25) is 0 Å². The molecule has 0 unspecified atom stereocenters. The maximum atomic E-state index is 13.7. The summed E-state index contributed by atoms with van der Waals surface area (Å²) in [6.07, 6.45) is 0.935. The van der Waals surface area contributed by atoms with E-state index in [1.54, 1.807) is 33.1 Å². The molecule has 0 radical (unpaired) electrons. The van der Waals surface area contributed by atoms with E-state index in [0.717, 1.165) is 16.8 Å². The first-order valence-electron chi connectivity index (χ1n) is 11.2. The van der Waals surface area contributed by atoms with Crippen molar-refractivity contribution < 1.29 is 23.7 Å². The number of hydrogen-bond donors (Lipinski definition) is 2. The molecule has 182 valence electrons. The third-order valence-electron chi connectivity index (χ3n) is 6.55. The zero-order chi connectivity index (χ0) is 24.7. The van der Waals surface area contributed by atoms with Gasteiger partial charge in [0.15, 0.2) is 17.3 Å². The number of aromatic nitrogens is 3. The lowest BCUT2D eigenvalue weighted by Gasteiger charge is -2.35. The van der Waals surface area contributed by atoms with Crippen LogP contribution in [0.25, 0.3) is 0 Å². The van der Waals surface area contributed by atoms with E-state index < -0.39 is 6.04 Å². The molecule has 10 heteroatoms. The summed E-state index contributed by atoms with van der Waals surface area (Å²) in [5.74, 6) is 3.06. The van der Waals surface area contributed by atoms with Gasteiger partial charge in [0.25, 0.3) is 0 Å². The van der Waals surface area contributed by atoms with Crippen molar-refractivity contribution >= 4 is 17.7 Å². The van der Waals surface area contributed by atoms with Gasteiger partial charge in [-0.25, -0.2) is 4.68 Å². The van der Waals surface area contributed by atoms with Gasteiger partial charge in [0.2, 0.25) is 11.9 Å². The molecule has 35 heavy (non-hydrogen) atoms. The van der Waals surface area contributed by atoms with E-state index >= 15 is 0 Å². The molecule has 2 aromatic carbocycles. The standard InChI is InChI=1S/C25H27N5O5/c1-32-15-6-8-19(33-2)16(12-15)23-22-17(27-25-28-24(26)29-30(23)25)9-14(10-18(22)31)13-5-7-20(34-3)21(11-13)35-4/h5-8,11-12,14,23H,9-10H2,1-4H3,(H3,26,27,28,29)/t14-,23+/m0/s1. The minimum Gasteiger partial charge on any atom is -0.497 e. The van der Waals surface area contributed by atoms with E-state index in [2.05, 4.69) is 15.4 Å². The topological polar surface area (TPSA) is 123 Å². The summed E-state index contributed by atoms with van der Waals surface area (Å²) in [4.78, 5) is 18.1. The highest BCUT2D eigenvalue weighted by Crippen LogP contribution is 2.47. The number of hydrogen-bond acceptors (Lipinski definition) is 9. The predicted molar refractivity (Wildman–Crippen MR) is 129 cm³/mol.